The molecule has 4 nitrogen and oxygen atoms in total. The zero-order chi connectivity index (χ0) is 11.0. The van der Waals surface area contributed by atoms with Crippen molar-refractivity contribution in [1.29, 1.82) is 5.26 Å². The number of carbonyl (C=O) groups is 1. The summed E-state index contributed by atoms with van der Waals surface area (Å²) < 4.78 is 0. The lowest BCUT2D eigenvalue weighted by atomic mass is 10.2. The fourth-order valence-electron chi connectivity index (χ4n) is 1.08. The van der Waals surface area contributed by atoms with Crippen molar-refractivity contribution in [1.82, 2.24) is 9.80 Å². The molecule has 0 N–H and O–H groups in total. The van der Waals surface area contributed by atoms with Gasteiger partial charge in [0.15, 0.2) is 0 Å². The van der Waals surface area contributed by atoms with Crippen molar-refractivity contribution >= 4 is 5.91 Å². The van der Waals surface area contributed by atoms with Gasteiger partial charge in [-0.3, -0.25) is 4.79 Å². The van der Waals surface area contributed by atoms with Crippen LogP contribution in [0.15, 0.2) is 0 Å². The fourth-order valence-corrected chi connectivity index (χ4v) is 1.08. The molecule has 80 valence electrons. The van der Waals surface area contributed by atoms with Crippen LogP contribution in [-0.2, 0) is 4.79 Å². The predicted molar refractivity (Wildman–Crippen MR) is 55.7 cm³/mol. The number of rotatable bonds is 6. The first-order valence-corrected chi connectivity index (χ1v) is 4.83. The van der Waals surface area contributed by atoms with E-state index in [1.54, 1.807) is 19.0 Å². The van der Waals surface area contributed by atoms with Gasteiger partial charge in [0.25, 0.3) is 0 Å². The topological polar surface area (TPSA) is 47.3 Å². The molecule has 0 spiro atoms. The van der Waals surface area contributed by atoms with E-state index in [1.807, 2.05) is 7.05 Å². The number of carbonyl (C=O) groups excluding carboxylic acids is 1. The molecule has 0 rings (SSSR count). The molecule has 0 aromatic heterocycles. The molecule has 0 atom stereocenters. The highest BCUT2D eigenvalue weighted by molar-refractivity contribution is 5.75. The molecule has 1 amide bonds. The summed E-state index contributed by atoms with van der Waals surface area (Å²) in [7, 11) is 5.50. The van der Waals surface area contributed by atoms with E-state index in [9.17, 15) is 4.79 Å². The molecular weight excluding hydrogens is 178 g/mol. The Kier molecular flexibility index (Phi) is 6.77. The summed E-state index contributed by atoms with van der Waals surface area (Å²) in [5.74, 6) is 0.165. The summed E-state index contributed by atoms with van der Waals surface area (Å²) in [6.45, 7) is 1.66. The minimum Gasteiger partial charge on any atom is -0.349 e. The highest BCUT2D eigenvalue weighted by atomic mass is 16.2. The molecule has 0 aliphatic heterocycles. The van der Waals surface area contributed by atoms with Crippen LogP contribution in [0.2, 0.25) is 0 Å². The van der Waals surface area contributed by atoms with Crippen LogP contribution in [0.25, 0.3) is 0 Å². The Labute approximate surface area is 86.1 Å². The van der Waals surface area contributed by atoms with Gasteiger partial charge in [0.05, 0.1) is 6.07 Å². The molecule has 0 aromatic carbocycles. The third kappa shape index (κ3) is 6.44. The molecule has 0 aromatic rings. The summed E-state index contributed by atoms with van der Waals surface area (Å²) >= 11 is 0. The Morgan fingerprint density at radius 3 is 2.43 bits per heavy atom. The molecule has 0 heterocycles. The van der Waals surface area contributed by atoms with Crippen LogP contribution in [0.3, 0.4) is 0 Å². The van der Waals surface area contributed by atoms with Crippen LogP contribution in [0.4, 0.5) is 0 Å². The van der Waals surface area contributed by atoms with E-state index in [4.69, 9.17) is 5.26 Å². The second-order valence-electron chi connectivity index (χ2n) is 3.60. The Morgan fingerprint density at radius 2 is 1.93 bits per heavy atom. The zero-order valence-electron chi connectivity index (χ0n) is 9.29. The van der Waals surface area contributed by atoms with Crippen LogP contribution in [0, 0.1) is 11.3 Å². The second kappa shape index (κ2) is 7.34. The third-order valence-electron chi connectivity index (χ3n) is 2.03. The monoisotopic (exact) mass is 197 g/mol. The average Bonchev–Trinajstić information content (AvgIpc) is 2.14. The molecule has 0 unspecified atom stereocenters. The van der Waals surface area contributed by atoms with Gasteiger partial charge in [0.2, 0.25) is 5.91 Å². The minimum atomic E-state index is 0.165. The van der Waals surface area contributed by atoms with Gasteiger partial charge in [-0.1, -0.05) is 0 Å². The highest BCUT2D eigenvalue weighted by Gasteiger charge is 2.04. The summed E-state index contributed by atoms with van der Waals surface area (Å²) in [6, 6.07) is 2.10. The fraction of sp³-hybridized carbons (Fsp3) is 0.800. The largest absolute Gasteiger partial charge is 0.349 e. The van der Waals surface area contributed by atoms with E-state index in [2.05, 4.69) is 11.0 Å². The van der Waals surface area contributed by atoms with Crippen LogP contribution in [0.5, 0.6) is 0 Å². The van der Waals surface area contributed by atoms with Gasteiger partial charge in [-0.2, -0.15) is 5.26 Å². The van der Waals surface area contributed by atoms with E-state index in [0.29, 0.717) is 12.8 Å². The number of nitriles is 1. The molecule has 0 aliphatic rings. The summed E-state index contributed by atoms with van der Waals surface area (Å²) in [5.41, 5.74) is 0. The minimum absolute atomic E-state index is 0.165. The highest BCUT2D eigenvalue weighted by Crippen LogP contribution is 1.96. The van der Waals surface area contributed by atoms with Crippen LogP contribution in [-0.4, -0.2) is 49.9 Å². The van der Waals surface area contributed by atoms with Crippen molar-refractivity contribution in [3.63, 3.8) is 0 Å². The Hall–Kier alpha value is -1.08. The second-order valence-corrected chi connectivity index (χ2v) is 3.60. The van der Waals surface area contributed by atoms with Gasteiger partial charge in [-0.05, 0) is 20.0 Å². The SMILES string of the molecule is CN(CCC#N)CCCC(=O)N(C)C. The normalized spacial score (nSPS) is 9.93. The molecule has 4 heteroatoms. The van der Waals surface area contributed by atoms with Crippen LogP contribution >= 0.6 is 0 Å². The molecule has 0 radical (unpaired) electrons. The Morgan fingerprint density at radius 1 is 1.29 bits per heavy atom. The van der Waals surface area contributed by atoms with Crippen molar-refractivity contribution in [2.24, 2.45) is 0 Å². The van der Waals surface area contributed by atoms with E-state index < -0.39 is 0 Å². The van der Waals surface area contributed by atoms with Gasteiger partial charge in [-0.15, -0.1) is 0 Å². The quantitative estimate of drug-likeness (QED) is 0.629. The smallest absolute Gasteiger partial charge is 0.222 e. The Bertz CT molecular complexity index is 208. The maximum absolute atomic E-state index is 11.2. The molecule has 0 saturated carbocycles. The van der Waals surface area contributed by atoms with Crippen LogP contribution < -0.4 is 0 Å². The summed E-state index contributed by atoms with van der Waals surface area (Å²) in [6.07, 6.45) is 2.00. The predicted octanol–water partition coefficient (Wildman–Crippen LogP) is 0.700. The number of hydrogen-bond donors (Lipinski definition) is 0. The lowest BCUT2D eigenvalue weighted by molar-refractivity contribution is -0.128. The van der Waals surface area contributed by atoms with E-state index in [-0.39, 0.29) is 5.91 Å². The zero-order valence-corrected chi connectivity index (χ0v) is 9.29. The lowest BCUT2D eigenvalue weighted by Gasteiger charge is -2.15. The van der Waals surface area contributed by atoms with Crippen LogP contribution in [0.1, 0.15) is 19.3 Å². The first-order valence-electron chi connectivity index (χ1n) is 4.83. The van der Waals surface area contributed by atoms with Gasteiger partial charge in [0.1, 0.15) is 0 Å². The number of amides is 1. The first-order chi connectivity index (χ1) is 6.57. The van der Waals surface area contributed by atoms with Gasteiger partial charge < -0.3 is 9.80 Å². The maximum Gasteiger partial charge on any atom is 0.222 e. The maximum atomic E-state index is 11.2. The number of hydrogen-bond acceptors (Lipinski definition) is 3. The molecular formula is C10H19N3O. The Balaban J connectivity index is 3.45. The van der Waals surface area contributed by atoms with Gasteiger partial charge in [-0.25, -0.2) is 0 Å². The van der Waals surface area contributed by atoms with E-state index >= 15 is 0 Å². The molecule has 0 aliphatic carbocycles. The molecule has 0 bridgehead atoms. The lowest BCUT2D eigenvalue weighted by Crippen LogP contribution is -2.25. The van der Waals surface area contributed by atoms with Crippen molar-refractivity contribution in [3.8, 4) is 6.07 Å². The molecule has 0 fully saturated rings. The average molecular weight is 197 g/mol. The van der Waals surface area contributed by atoms with E-state index in [1.165, 1.54) is 0 Å². The van der Waals surface area contributed by atoms with Gasteiger partial charge >= 0.3 is 0 Å². The van der Waals surface area contributed by atoms with Gasteiger partial charge in [0, 0.05) is 33.5 Å². The number of nitrogens with zero attached hydrogens (tertiary/aromatic N) is 3. The van der Waals surface area contributed by atoms with Crippen molar-refractivity contribution in [2.75, 3.05) is 34.2 Å². The third-order valence-corrected chi connectivity index (χ3v) is 2.03. The van der Waals surface area contributed by atoms with Crippen molar-refractivity contribution in [2.45, 2.75) is 19.3 Å². The first kappa shape index (κ1) is 12.9. The molecule has 0 saturated heterocycles. The molecule has 14 heavy (non-hydrogen) atoms. The van der Waals surface area contributed by atoms with Crippen molar-refractivity contribution in [3.05, 3.63) is 0 Å². The van der Waals surface area contributed by atoms with Crippen molar-refractivity contribution < 1.29 is 4.79 Å². The summed E-state index contributed by atoms with van der Waals surface area (Å²) in [4.78, 5) is 14.9. The standard InChI is InChI=1S/C10H19N3O/c1-12(2)10(14)6-4-8-13(3)9-5-7-11/h4-6,8-9H2,1-3H3. The summed E-state index contributed by atoms with van der Waals surface area (Å²) in [5, 5.41) is 8.36. The van der Waals surface area contributed by atoms with E-state index in [0.717, 1.165) is 19.5 Å².